The van der Waals surface area contributed by atoms with Gasteiger partial charge in [0, 0.05) is 11.6 Å². The highest BCUT2D eigenvalue weighted by molar-refractivity contribution is 5.15. The van der Waals surface area contributed by atoms with Crippen molar-refractivity contribution in [3.8, 4) is 0 Å². The van der Waals surface area contributed by atoms with Gasteiger partial charge in [-0.3, -0.25) is 11.3 Å². The molecule has 0 bridgehead atoms. The Balaban J connectivity index is 2.54. The lowest BCUT2D eigenvalue weighted by Gasteiger charge is -2.14. The molecule has 1 rings (SSSR count). The maximum Gasteiger partial charge on any atom is 0.101 e. The van der Waals surface area contributed by atoms with Crippen molar-refractivity contribution in [2.45, 2.75) is 39.7 Å². The van der Waals surface area contributed by atoms with Gasteiger partial charge in [-0.2, -0.15) is 0 Å². The molecule has 0 fully saturated rings. The number of nitrogens with one attached hydrogen (secondary N) is 1. The summed E-state index contributed by atoms with van der Waals surface area (Å²) in [5.41, 5.74) is 3.97. The molecule has 3 heteroatoms. The zero-order valence-electron chi connectivity index (χ0n) is 9.21. The third kappa shape index (κ3) is 3.16. The zero-order valence-corrected chi connectivity index (χ0v) is 9.21. The predicted octanol–water partition coefficient (Wildman–Crippen LogP) is 2.53. The molecule has 3 N–H and O–H groups in total. The molecule has 0 amide bonds. The van der Waals surface area contributed by atoms with Crippen LogP contribution in [0.3, 0.4) is 0 Å². The second kappa shape index (κ2) is 5.17. The summed E-state index contributed by atoms with van der Waals surface area (Å²) in [5, 5.41) is 0. The summed E-state index contributed by atoms with van der Waals surface area (Å²) in [7, 11) is 0. The van der Waals surface area contributed by atoms with Gasteiger partial charge in [0.1, 0.15) is 5.76 Å². The second-order valence-electron chi connectivity index (χ2n) is 4.18. The minimum Gasteiger partial charge on any atom is -0.469 e. The normalized spacial score (nSPS) is 13.5. The van der Waals surface area contributed by atoms with Gasteiger partial charge in [0.05, 0.1) is 6.26 Å². The molecular formula is C11H20N2O. The quantitative estimate of drug-likeness (QED) is 0.562. The Bertz CT molecular complexity index is 268. The molecule has 1 heterocycles. The second-order valence-corrected chi connectivity index (χ2v) is 4.18. The van der Waals surface area contributed by atoms with Gasteiger partial charge >= 0.3 is 0 Å². The molecule has 0 spiro atoms. The standard InChI is InChI=1S/C11H20N2O/c1-8(2)4-5-11(13-12)10-6-9(3)14-7-10/h6-8,11,13H,4-5,12H2,1-3H3. The van der Waals surface area contributed by atoms with E-state index in [1.54, 1.807) is 6.26 Å². The number of hydrogen-bond acceptors (Lipinski definition) is 3. The van der Waals surface area contributed by atoms with Gasteiger partial charge < -0.3 is 4.42 Å². The van der Waals surface area contributed by atoms with Crippen molar-refractivity contribution < 1.29 is 4.42 Å². The maximum atomic E-state index is 5.51. The van der Waals surface area contributed by atoms with Crippen LogP contribution in [0.25, 0.3) is 0 Å². The van der Waals surface area contributed by atoms with E-state index in [0.29, 0.717) is 5.92 Å². The van der Waals surface area contributed by atoms with Crippen molar-refractivity contribution in [3.63, 3.8) is 0 Å². The SMILES string of the molecule is Cc1cc(C(CCC(C)C)NN)co1. The lowest BCUT2D eigenvalue weighted by molar-refractivity contribution is 0.443. The van der Waals surface area contributed by atoms with Crippen molar-refractivity contribution in [3.05, 3.63) is 23.7 Å². The maximum absolute atomic E-state index is 5.51. The Kier molecular flexibility index (Phi) is 4.17. The molecule has 0 saturated heterocycles. The predicted molar refractivity (Wildman–Crippen MR) is 57.6 cm³/mol. The molecule has 1 aromatic rings. The summed E-state index contributed by atoms with van der Waals surface area (Å²) in [6.45, 7) is 6.38. The summed E-state index contributed by atoms with van der Waals surface area (Å²) < 4.78 is 5.26. The van der Waals surface area contributed by atoms with E-state index in [-0.39, 0.29) is 6.04 Å². The molecule has 0 aliphatic heterocycles. The fourth-order valence-electron chi connectivity index (χ4n) is 1.49. The Morgan fingerprint density at radius 3 is 2.57 bits per heavy atom. The molecule has 0 aliphatic carbocycles. The monoisotopic (exact) mass is 196 g/mol. The van der Waals surface area contributed by atoms with E-state index in [9.17, 15) is 0 Å². The Morgan fingerprint density at radius 1 is 1.43 bits per heavy atom. The van der Waals surface area contributed by atoms with E-state index in [4.69, 9.17) is 10.3 Å². The molecule has 14 heavy (non-hydrogen) atoms. The van der Waals surface area contributed by atoms with E-state index in [0.717, 1.165) is 17.7 Å². The molecule has 1 aromatic heterocycles. The summed E-state index contributed by atoms with van der Waals surface area (Å²) in [4.78, 5) is 0. The molecule has 0 aliphatic rings. The van der Waals surface area contributed by atoms with E-state index in [2.05, 4.69) is 19.3 Å². The number of hydrogen-bond donors (Lipinski definition) is 2. The molecule has 0 aromatic carbocycles. The van der Waals surface area contributed by atoms with Crippen molar-refractivity contribution in [1.29, 1.82) is 0 Å². The van der Waals surface area contributed by atoms with Crippen molar-refractivity contribution in [1.82, 2.24) is 5.43 Å². The highest BCUT2D eigenvalue weighted by atomic mass is 16.3. The first-order chi connectivity index (χ1) is 6.63. The van der Waals surface area contributed by atoms with E-state index in [1.807, 2.05) is 13.0 Å². The van der Waals surface area contributed by atoms with Crippen LogP contribution in [0.5, 0.6) is 0 Å². The first-order valence-corrected chi connectivity index (χ1v) is 5.14. The fourth-order valence-corrected chi connectivity index (χ4v) is 1.49. The van der Waals surface area contributed by atoms with Gasteiger partial charge in [-0.25, -0.2) is 0 Å². The third-order valence-electron chi connectivity index (χ3n) is 2.39. The van der Waals surface area contributed by atoms with Crippen LogP contribution >= 0.6 is 0 Å². The van der Waals surface area contributed by atoms with Crippen LogP contribution in [0.4, 0.5) is 0 Å². The number of hydrazine groups is 1. The van der Waals surface area contributed by atoms with Gasteiger partial charge in [0.2, 0.25) is 0 Å². The van der Waals surface area contributed by atoms with Crippen LogP contribution < -0.4 is 11.3 Å². The van der Waals surface area contributed by atoms with E-state index in [1.165, 1.54) is 6.42 Å². The number of aryl methyl sites for hydroxylation is 1. The van der Waals surface area contributed by atoms with Gasteiger partial charge in [-0.05, 0) is 31.7 Å². The molecule has 1 atom stereocenters. The Morgan fingerprint density at radius 2 is 2.14 bits per heavy atom. The molecule has 1 unspecified atom stereocenters. The van der Waals surface area contributed by atoms with Gasteiger partial charge in [-0.1, -0.05) is 13.8 Å². The van der Waals surface area contributed by atoms with Gasteiger partial charge in [0.15, 0.2) is 0 Å². The summed E-state index contributed by atoms with van der Waals surface area (Å²) in [6.07, 6.45) is 3.99. The van der Waals surface area contributed by atoms with Crippen LogP contribution in [0.15, 0.2) is 16.7 Å². The molecule has 80 valence electrons. The zero-order chi connectivity index (χ0) is 10.6. The minimum absolute atomic E-state index is 0.217. The summed E-state index contributed by atoms with van der Waals surface area (Å²) in [5.74, 6) is 7.15. The van der Waals surface area contributed by atoms with Crippen LogP contribution in [-0.4, -0.2) is 0 Å². The average molecular weight is 196 g/mol. The molecular weight excluding hydrogens is 176 g/mol. The number of rotatable bonds is 5. The van der Waals surface area contributed by atoms with Gasteiger partial charge in [0.25, 0.3) is 0 Å². The molecule has 3 nitrogen and oxygen atoms in total. The smallest absolute Gasteiger partial charge is 0.101 e. The lowest BCUT2D eigenvalue weighted by atomic mass is 10.00. The molecule has 0 radical (unpaired) electrons. The van der Waals surface area contributed by atoms with Crippen molar-refractivity contribution in [2.24, 2.45) is 11.8 Å². The van der Waals surface area contributed by atoms with Crippen LogP contribution in [0, 0.1) is 12.8 Å². The average Bonchev–Trinajstić information content (AvgIpc) is 2.53. The Hall–Kier alpha value is -0.800. The van der Waals surface area contributed by atoms with E-state index >= 15 is 0 Å². The van der Waals surface area contributed by atoms with Gasteiger partial charge in [-0.15, -0.1) is 0 Å². The first kappa shape index (κ1) is 11.3. The topological polar surface area (TPSA) is 51.2 Å². The summed E-state index contributed by atoms with van der Waals surface area (Å²) in [6, 6.07) is 2.25. The highest BCUT2D eigenvalue weighted by Crippen LogP contribution is 2.21. The van der Waals surface area contributed by atoms with Crippen LogP contribution in [-0.2, 0) is 0 Å². The van der Waals surface area contributed by atoms with Crippen LogP contribution in [0.2, 0.25) is 0 Å². The third-order valence-corrected chi connectivity index (χ3v) is 2.39. The number of furan rings is 1. The molecule has 0 saturated carbocycles. The number of nitrogens with two attached hydrogens (primary N) is 1. The van der Waals surface area contributed by atoms with Crippen LogP contribution in [0.1, 0.15) is 44.1 Å². The lowest BCUT2D eigenvalue weighted by Crippen LogP contribution is -2.27. The summed E-state index contributed by atoms with van der Waals surface area (Å²) >= 11 is 0. The minimum atomic E-state index is 0.217. The fraction of sp³-hybridized carbons (Fsp3) is 0.636. The van der Waals surface area contributed by atoms with E-state index < -0.39 is 0 Å². The highest BCUT2D eigenvalue weighted by Gasteiger charge is 2.12. The van der Waals surface area contributed by atoms with Crippen molar-refractivity contribution >= 4 is 0 Å². The first-order valence-electron chi connectivity index (χ1n) is 5.14. The van der Waals surface area contributed by atoms with Crippen molar-refractivity contribution in [2.75, 3.05) is 0 Å². The largest absolute Gasteiger partial charge is 0.469 e. The Labute approximate surface area is 85.6 Å².